The van der Waals surface area contributed by atoms with Gasteiger partial charge in [0.2, 0.25) is 0 Å². The second-order valence-electron chi connectivity index (χ2n) is 5.34. The minimum Gasteiger partial charge on any atom is -0.496 e. The Hall–Kier alpha value is -2.63. The van der Waals surface area contributed by atoms with Gasteiger partial charge in [0.25, 0.3) is 0 Å². The molecular weight excluding hydrogens is 326 g/mol. The number of hydrogen-bond donors (Lipinski definition) is 1. The summed E-state index contributed by atoms with van der Waals surface area (Å²) in [5, 5.41) is 4.37. The van der Waals surface area contributed by atoms with Gasteiger partial charge in [0.15, 0.2) is 0 Å². The second kappa shape index (κ2) is 5.78. The lowest BCUT2D eigenvalue weighted by molar-refractivity contribution is 0.141. The highest BCUT2D eigenvalue weighted by Crippen LogP contribution is 2.33. The summed E-state index contributed by atoms with van der Waals surface area (Å²) >= 11 is 6.14. The van der Waals surface area contributed by atoms with Crippen LogP contribution in [0.3, 0.4) is 0 Å². The van der Waals surface area contributed by atoms with Crippen LogP contribution in [0.5, 0.6) is 5.75 Å². The number of nitrogens with zero attached hydrogens (tertiary/aromatic N) is 2. The van der Waals surface area contributed by atoms with Crippen molar-refractivity contribution >= 4 is 50.5 Å². The minimum atomic E-state index is 0.641. The van der Waals surface area contributed by atoms with Crippen LogP contribution in [-0.4, -0.2) is 24.2 Å². The van der Waals surface area contributed by atoms with E-state index < -0.39 is 0 Å². The number of hydrogen-bond acceptors (Lipinski definition) is 5. The molecule has 1 N–H and O–H groups in total. The van der Waals surface area contributed by atoms with Gasteiger partial charge in [-0.05, 0) is 30.3 Å². The predicted octanol–water partition coefficient (Wildman–Crippen LogP) is 3.21. The molecule has 0 radical (unpaired) electrons. The Balaban J connectivity index is 2.28. The van der Waals surface area contributed by atoms with Crippen LogP contribution in [0.25, 0.3) is 38.9 Å². The third-order valence-corrected chi connectivity index (χ3v) is 4.25. The number of halogens is 1. The molecule has 5 nitrogen and oxygen atoms in total. The van der Waals surface area contributed by atoms with Gasteiger partial charge in [-0.15, -0.1) is 0 Å². The fourth-order valence-electron chi connectivity index (χ4n) is 2.98. The first-order valence-corrected chi connectivity index (χ1v) is 7.74. The lowest BCUT2D eigenvalue weighted by atomic mass is 10.0. The normalized spacial score (nSPS) is 12.4. The van der Waals surface area contributed by atoms with Crippen molar-refractivity contribution in [1.29, 1.82) is 0 Å². The van der Waals surface area contributed by atoms with Gasteiger partial charge in [0.05, 0.1) is 30.8 Å². The van der Waals surface area contributed by atoms with Crippen LogP contribution in [0.2, 0.25) is 5.02 Å². The molecule has 2 aromatic heterocycles. The molecule has 2 heterocycles. The Morgan fingerprint density at radius 1 is 1.08 bits per heavy atom. The highest BCUT2D eigenvalue weighted by Gasteiger charge is 2.14. The van der Waals surface area contributed by atoms with Crippen molar-refractivity contribution in [2.45, 2.75) is 0 Å². The number of fused-ring (bicyclic) bond motifs is 2. The topological polar surface area (TPSA) is 56.3 Å². The Morgan fingerprint density at radius 3 is 2.75 bits per heavy atom. The van der Waals surface area contributed by atoms with Crippen LogP contribution >= 0.6 is 11.6 Å². The molecule has 0 fully saturated rings. The van der Waals surface area contributed by atoms with Crippen LogP contribution < -0.4 is 15.4 Å². The van der Waals surface area contributed by atoms with Gasteiger partial charge < -0.3 is 4.74 Å². The van der Waals surface area contributed by atoms with Gasteiger partial charge >= 0.3 is 0 Å². The lowest BCUT2D eigenvalue weighted by Gasteiger charge is -2.12. The number of pyridine rings is 2. The van der Waals surface area contributed by atoms with Crippen molar-refractivity contribution in [1.82, 2.24) is 15.4 Å². The van der Waals surface area contributed by atoms with Crippen molar-refractivity contribution in [3.63, 3.8) is 0 Å². The van der Waals surface area contributed by atoms with Gasteiger partial charge in [-0.1, -0.05) is 11.6 Å². The quantitative estimate of drug-likeness (QED) is 0.353. The molecule has 0 unspecified atom stereocenters. The van der Waals surface area contributed by atoms with E-state index in [9.17, 15) is 0 Å². The molecule has 24 heavy (non-hydrogen) atoms. The summed E-state index contributed by atoms with van der Waals surface area (Å²) in [6.45, 7) is 0. The van der Waals surface area contributed by atoms with Crippen LogP contribution in [0.4, 0.5) is 0 Å². The summed E-state index contributed by atoms with van der Waals surface area (Å²) in [6, 6.07) is 9.50. The van der Waals surface area contributed by atoms with Crippen molar-refractivity contribution in [2.75, 3.05) is 14.2 Å². The molecule has 0 aliphatic heterocycles. The maximum absolute atomic E-state index is 6.14. The average molecular weight is 340 g/mol. The van der Waals surface area contributed by atoms with Crippen molar-refractivity contribution in [3.05, 3.63) is 46.8 Å². The Bertz CT molecular complexity index is 1130. The maximum Gasteiger partial charge on any atom is 0.127 e. The van der Waals surface area contributed by atoms with Gasteiger partial charge in [0, 0.05) is 38.8 Å². The standard InChI is InChI=1S/C18H14ClN3O2/c1-23-15-7-10(9-21-24-2)17-16-13(15)5-6-20-18(16)12-4-3-11(19)8-14(12)22-17/h3-9,21H,1-2H3/b10-9+. The van der Waals surface area contributed by atoms with E-state index in [1.807, 2.05) is 30.3 Å². The van der Waals surface area contributed by atoms with E-state index in [4.69, 9.17) is 26.2 Å². The lowest BCUT2D eigenvalue weighted by Crippen LogP contribution is -2.13. The Morgan fingerprint density at radius 2 is 1.96 bits per heavy atom. The fourth-order valence-corrected chi connectivity index (χ4v) is 3.15. The molecule has 0 saturated carbocycles. The highest BCUT2D eigenvalue weighted by atomic mass is 35.5. The number of rotatable bonds is 3. The zero-order chi connectivity index (χ0) is 16.7. The summed E-state index contributed by atoms with van der Waals surface area (Å²) in [4.78, 5) is 14.3. The monoisotopic (exact) mass is 339 g/mol. The zero-order valence-corrected chi connectivity index (χ0v) is 13.9. The summed E-state index contributed by atoms with van der Waals surface area (Å²) in [7, 11) is 3.21. The number of aromatic nitrogens is 2. The number of hydroxylamine groups is 1. The molecule has 0 aliphatic rings. The minimum absolute atomic E-state index is 0.641. The van der Waals surface area contributed by atoms with E-state index in [2.05, 4.69) is 10.5 Å². The number of ether oxygens (including phenoxy) is 1. The smallest absolute Gasteiger partial charge is 0.127 e. The van der Waals surface area contributed by atoms with Crippen LogP contribution in [0.15, 0.2) is 36.5 Å². The van der Waals surface area contributed by atoms with E-state index in [1.54, 1.807) is 26.6 Å². The molecule has 0 bridgehead atoms. The van der Waals surface area contributed by atoms with Crippen LogP contribution in [-0.2, 0) is 4.84 Å². The van der Waals surface area contributed by atoms with Crippen molar-refractivity contribution in [3.8, 4) is 5.75 Å². The van der Waals surface area contributed by atoms with Crippen LogP contribution in [0, 0.1) is 0 Å². The highest BCUT2D eigenvalue weighted by molar-refractivity contribution is 6.31. The molecule has 4 aromatic rings. The summed E-state index contributed by atoms with van der Waals surface area (Å²) in [5.41, 5.74) is 5.23. The van der Waals surface area contributed by atoms with E-state index in [1.165, 1.54) is 0 Å². The molecule has 0 aliphatic carbocycles. The van der Waals surface area contributed by atoms with Gasteiger partial charge in [0.1, 0.15) is 5.75 Å². The SMILES string of the molecule is CON/C=c1\cc(OC)c2ccnc3c4ccc(Cl)cc4nc1c23. The molecule has 0 spiro atoms. The molecule has 4 rings (SSSR count). The largest absolute Gasteiger partial charge is 0.496 e. The summed E-state index contributed by atoms with van der Waals surface area (Å²) in [5.74, 6) is 0.758. The predicted molar refractivity (Wildman–Crippen MR) is 95.9 cm³/mol. The second-order valence-corrected chi connectivity index (χ2v) is 5.77. The van der Waals surface area contributed by atoms with Gasteiger partial charge in [-0.25, -0.2) is 4.98 Å². The van der Waals surface area contributed by atoms with Crippen molar-refractivity contribution in [2.24, 2.45) is 0 Å². The van der Waals surface area contributed by atoms with Crippen molar-refractivity contribution < 1.29 is 9.57 Å². The zero-order valence-electron chi connectivity index (χ0n) is 13.1. The molecule has 0 amide bonds. The molecule has 120 valence electrons. The third kappa shape index (κ3) is 2.21. The first kappa shape index (κ1) is 14.9. The van der Waals surface area contributed by atoms with E-state index in [0.717, 1.165) is 43.7 Å². The summed E-state index contributed by atoms with van der Waals surface area (Å²) in [6.07, 6.45) is 3.53. The molecule has 0 atom stereocenters. The van der Waals surface area contributed by atoms with Gasteiger partial charge in [-0.2, -0.15) is 0 Å². The first-order valence-electron chi connectivity index (χ1n) is 7.36. The molecule has 2 aromatic carbocycles. The van der Waals surface area contributed by atoms with E-state index in [0.29, 0.717) is 5.02 Å². The average Bonchev–Trinajstić information content (AvgIpc) is 2.61. The number of methoxy groups -OCH3 is 1. The molecule has 0 saturated heterocycles. The van der Waals surface area contributed by atoms with Gasteiger partial charge in [-0.3, -0.25) is 15.3 Å². The summed E-state index contributed by atoms with van der Waals surface area (Å²) < 4.78 is 5.55. The fraction of sp³-hybridized carbons (Fsp3) is 0.111. The molecule has 6 heteroatoms. The number of nitrogens with one attached hydrogen (secondary N) is 1. The number of benzene rings is 2. The Kier molecular flexibility index (Phi) is 3.59. The van der Waals surface area contributed by atoms with Crippen LogP contribution in [0.1, 0.15) is 0 Å². The first-order chi connectivity index (χ1) is 11.7. The maximum atomic E-state index is 6.14. The molecular formula is C18H14ClN3O2. The third-order valence-electron chi connectivity index (χ3n) is 4.01. The van der Waals surface area contributed by atoms with E-state index >= 15 is 0 Å². The Labute approximate surface area is 142 Å². The van der Waals surface area contributed by atoms with E-state index in [-0.39, 0.29) is 0 Å².